The van der Waals surface area contributed by atoms with Crippen molar-refractivity contribution in [2.75, 3.05) is 27.8 Å². The number of methoxy groups -OCH3 is 1. The van der Waals surface area contributed by atoms with Gasteiger partial charge in [0, 0.05) is 18.7 Å². The Morgan fingerprint density at radius 2 is 1.91 bits per heavy atom. The van der Waals surface area contributed by atoms with Crippen molar-refractivity contribution in [2.24, 2.45) is 0 Å². The maximum absolute atomic E-state index is 11.7. The van der Waals surface area contributed by atoms with E-state index in [2.05, 4.69) is 54.6 Å². The summed E-state index contributed by atoms with van der Waals surface area (Å²) < 4.78 is 4.88. The molecule has 122 valence electrons. The highest BCUT2D eigenvalue weighted by Crippen LogP contribution is 2.35. The van der Waals surface area contributed by atoms with Crippen LogP contribution in [-0.4, -0.2) is 50.2 Å². The van der Waals surface area contributed by atoms with E-state index in [-0.39, 0.29) is 24.1 Å². The summed E-state index contributed by atoms with van der Waals surface area (Å²) in [4.78, 5) is 14.0. The van der Waals surface area contributed by atoms with E-state index in [0.29, 0.717) is 0 Å². The molecule has 0 bridgehead atoms. The lowest BCUT2D eigenvalue weighted by atomic mass is 9.75. The molecule has 1 aliphatic rings. The molecule has 1 saturated carbocycles. The molecule has 0 saturated heterocycles. The zero-order chi connectivity index (χ0) is 16.0. The van der Waals surface area contributed by atoms with Crippen LogP contribution in [0.15, 0.2) is 30.3 Å². The van der Waals surface area contributed by atoms with Gasteiger partial charge in [-0.2, -0.15) is 0 Å². The first-order valence-electron chi connectivity index (χ1n) is 8.05. The number of benzene rings is 1. The minimum atomic E-state index is -0.00656. The van der Waals surface area contributed by atoms with E-state index in [1.54, 1.807) is 7.11 Å². The second-order valence-corrected chi connectivity index (χ2v) is 6.56. The molecule has 0 radical (unpaired) electrons. The normalized spacial score (nSPS) is 25.2. The van der Waals surface area contributed by atoms with Gasteiger partial charge in [0.25, 0.3) is 0 Å². The number of hydrogen-bond donors (Lipinski definition) is 1. The Labute approximate surface area is 133 Å². The van der Waals surface area contributed by atoms with E-state index in [1.807, 2.05) is 0 Å². The van der Waals surface area contributed by atoms with E-state index in [1.165, 1.54) is 5.56 Å². The maximum Gasteiger partial charge on any atom is 0.246 e. The molecule has 22 heavy (non-hydrogen) atoms. The summed E-state index contributed by atoms with van der Waals surface area (Å²) in [5, 5.41) is 3.08. The van der Waals surface area contributed by atoms with E-state index in [9.17, 15) is 4.79 Å². The quantitative estimate of drug-likeness (QED) is 0.876. The molecule has 4 nitrogen and oxygen atoms in total. The van der Waals surface area contributed by atoms with Gasteiger partial charge in [0.05, 0.1) is 0 Å². The summed E-state index contributed by atoms with van der Waals surface area (Å²) in [6.07, 6.45) is 5.33. The van der Waals surface area contributed by atoms with Crippen LogP contribution in [0, 0.1) is 0 Å². The molecule has 0 unspecified atom stereocenters. The third-order valence-corrected chi connectivity index (χ3v) is 4.88. The molecule has 0 atom stereocenters. The highest BCUT2D eigenvalue weighted by Gasteiger charge is 2.37. The molecule has 0 aliphatic heterocycles. The topological polar surface area (TPSA) is 41.6 Å². The first-order valence-corrected chi connectivity index (χ1v) is 8.05. The number of ether oxygens (including phenoxy) is 1. The maximum atomic E-state index is 11.7. The molecule has 1 fully saturated rings. The van der Waals surface area contributed by atoms with Gasteiger partial charge in [-0.05, 0) is 51.8 Å². The van der Waals surface area contributed by atoms with Crippen molar-refractivity contribution in [1.82, 2.24) is 10.2 Å². The van der Waals surface area contributed by atoms with Crippen molar-refractivity contribution in [3.8, 4) is 0 Å². The fourth-order valence-corrected chi connectivity index (χ4v) is 3.46. The molecule has 1 aromatic carbocycles. The molecule has 1 N–H and O–H groups in total. The van der Waals surface area contributed by atoms with Gasteiger partial charge >= 0.3 is 0 Å². The molecule has 1 aliphatic carbocycles. The Bertz CT molecular complexity index is 465. The van der Waals surface area contributed by atoms with Gasteiger partial charge in [-0.15, -0.1) is 0 Å². The predicted octanol–water partition coefficient (Wildman–Crippen LogP) is 2.23. The van der Waals surface area contributed by atoms with Gasteiger partial charge in [-0.3, -0.25) is 4.79 Å². The van der Waals surface area contributed by atoms with Crippen LogP contribution in [0.3, 0.4) is 0 Å². The second kappa shape index (κ2) is 7.75. The molecule has 2 rings (SSSR count). The number of likely N-dealkylation sites (N-methyl/N-ethyl adjacent to an activating group) is 1. The summed E-state index contributed by atoms with van der Waals surface area (Å²) in [7, 11) is 5.90. The molecule has 1 aromatic rings. The molecule has 0 spiro atoms. The lowest BCUT2D eigenvalue weighted by molar-refractivity contribution is -0.125. The Hall–Kier alpha value is -1.39. The van der Waals surface area contributed by atoms with Gasteiger partial charge in [0.15, 0.2) is 0 Å². The minimum Gasteiger partial charge on any atom is -0.375 e. The summed E-state index contributed by atoms with van der Waals surface area (Å²) in [6.45, 7) is 0.152. The zero-order valence-electron chi connectivity index (χ0n) is 14.0. The summed E-state index contributed by atoms with van der Waals surface area (Å²) in [5.74, 6) is -0.00656. The molecule has 0 heterocycles. The number of carbonyl (C=O) groups is 1. The van der Waals surface area contributed by atoms with Crippen molar-refractivity contribution < 1.29 is 9.53 Å². The van der Waals surface area contributed by atoms with Crippen LogP contribution >= 0.6 is 0 Å². The Morgan fingerprint density at radius 1 is 1.27 bits per heavy atom. The number of hydrogen-bond acceptors (Lipinski definition) is 3. The van der Waals surface area contributed by atoms with Crippen LogP contribution in [0.25, 0.3) is 0 Å². The van der Waals surface area contributed by atoms with E-state index in [0.717, 1.165) is 32.1 Å². The third-order valence-electron chi connectivity index (χ3n) is 4.88. The van der Waals surface area contributed by atoms with Crippen molar-refractivity contribution in [3.63, 3.8) is 0 Å². The number of nitrogens with one attached hydrogen (secondary N) is 1. The van der Waals surface area contributed by atoms with Gasteiger partial charge in [0.2, 0.25) is 5.91 Å². The van der Waals surface area contributed by atoms with Gasteiger partial charge in [0.1, 0.15) is 6.61 Å². The molecular weight excluding hydrogens is 276 g/mol. The third kappa shape index (κ3) is 4.31. The average Bonchev–Trinajstić information content (AvgIpc) is 2.50. The lowest BCUT2D eigenvalue weighted by Gasteiger charge is -2.45. The molecular formula is C18H28N2O2. The first kappa shape index (κ1) is 17.0. The monoisotopic (exact) mass is 304 g/mol. The molecule has 0 aromatic heterocycles. The highest BCUT2D eigenvalue weighted by atomic mass is 16.5. The fraction of sp³-hybridized carbons (Fsp3) is 0.611. The van der Waals surface area contributed by atoms with Crippen LogP contribution in [0.5, 0.6) is 0 Å². The SMILES string of the molecule is COCC(=O)NC1CCC(Cc2ccccc2)(N(C)C)CC1. The van der Waals surface area contributed by atoms with Gasteiger partial charge in [-0.25, -0.2) is 0 Å². The fourth-order valence-electron chi connectivity index (χ4n) is 3.46. The molecule has 4 heteroatoms. The molecule has 1 amide bonds. The van der Waals surface area contributed by atoms with Crippen molar-refractivity contribution >= 4 is 5.91 Å². The average molecular weight is 304 g/mol. The standard InChI is InChI=1S/C18H28N2O2/c1-20(2)18(13-15-7-5-4-6-8-15)11-9-16(10-12-18)19-17(21)14-22-3/h4-8,16H,9-14H2,1-3H3,(H,19,21). The van der Waals surface area contributed by atoms with Crippen molar-refractivity contribution in [1.29, 1.82) is 0 Å². The van der Waals surface area contributed by atoms with Crippen molar-refractivity contribution in [2.45, 2.75) is 43.7 Å². The largest absolute Gasteiger partial charge is 0.375 e. The van der Waals surface area contributed by atoms with E-state index >= 15 is 0 Å². The van der Waals surface area contributed by atoms with Gasteiger partial charge < -0.3 is 15.0 Å². The number of amides is 1. The lowest BCUT2D eigenvalue weighted by Crippen LogP contribution is -2.52. The minimum absolute atomic E-state index is 0.00656. The Balaban J connectivity index is 1.96. The zero-order valence-corrected chi connectivity index (χ0v) is 14.0. The summed E-state index contributed by atoms with van der Waals surface area (Å²) in [6, 6.07) is 11.0. The number of rotatable bonds is 6. The van der Waals surface area contributed by atoms with Gasteiger partial charge in [-0.1, -0.05) is 30.3 Å². The van der Waals surface area contributed by atoms with E-state index < -0.39 is 0 Å². The van der Waals surface area contributed by atoms with Crippen LogP contribution in [0.4, 0.5) is 0 Å². The predicted molar refractivity (Wildman–Crippen MR) is 88.8 cm³/mol. The van der Waals surface area contributed by atoms with Crippen LogP contribution < -0.4 is 5.32 Å². The number of carbonyl (C=O) groups excluding carboxylic acids is 1. The summed E-state index contributed by atoms with van der Waals surface area (Å²) >= 11 is 0. The van der Waals surface area contributed by atoms with Crippen LogP contribution in [-0.2, 0) is 16.0 Å². The van der Waals surface area contributed by atoms with Crippen LogP contribution in [0.1, 0.15) is 31.2 Å². The van der Waals surface area contributed by atoms with E-state index in [4.69, 9.17) is 4.74 Å². The summed E-state index contributed by atoms with van der Waals surface area (Å²) in [5.41, 5.74) is 1.59. The number of nitrogens with zero attached hydrogens (tertiary/aromatic N) is 1. The Morgan fingerprint density at radius 3 is 2.45 bits per heavy atom. The van der Waals surface area contributed by atoms with Crippen LogP contribution in [0.2, 0.25) is 0 Å². The Kier molecular flexibility index (Phi) is 5.98. The second-order valence-electron chi connectivity index (χ2n) is 6.56. The smallest absolute Gasteiger partial charge is 0.246 e. The highest BCUT2D eigenvalue weighted by molar-refractivity contribution is 5.77. The first-order chi connectivity index (χ1) is 10.6. The van der Waals surface area contributed by atoms with Crippen molar-refractivity contribution in [3.05, 3.63) is 35.9 Å².